The molecule has 1 saturated heterocycles. The number of esters is 4. The summed E-state index contributed by atoms with van der Waals surface area (Å²) in [7, 11) is 0. The van der Waals surface area contributed by atoms with Crippen LogP contribution in [-0.4, -0.2) is 76.5 Å². The van der Waals surface area contributed by atoms with E-state index in [1.165, 1.54) is 6.92 Å². The summed E-state index contributed by atoms with van der Waals surface area (Å²) >= 11 is 0.641. The molecule has 0 aromatic heterocycles. The first-order valence-electron chi connectivity index (χ1n) is 9.12. The van der Waals surface area contributed by atoms with Crippen molar-refractivity contribution >= 4 is 46.7 Å². The molecule has 31 heavy (non-hydrogen) atoms. The Hall–Kier alpha value is -2.67. The van der Waals surface area contributed by atoms with Gasteiger partial charge < -0.3 is 28.8 Å². The highest BCUT2D eigenvalue weighted by atomic mass is 32.2. The summed E-state index contributed by atoms with van der Waals surface area (Å²) in [5, 5.41) is 8.23. The van der Waals surface area contributed by atoms with Crippen LogP contribution in [-0.2, 0) is 52.5 Å². The molecule has 1 fully saturated rings. The highest BCUT2D eigenvalue weighted by Gasteiger charge is 2.52. The van der Waals surface area contributed by atoms with Crippen molar-refractivity contribution in [3.63, 3.8) is 0 Å². The molecule has 0 unspecified atom stereocenters. The molecule has 174 valence electrons. The Labute approximate surface area is 181 Å². The normalized spacial score (nSPS) is 25.1. The molecule has 5 atom stereocenters. The largest absolute Gasteiger partial charge is 0.481 e. The highest BCUT2D eigenvalue weighted by Crippen LogP contribution is 2.34. The van der Waals surface area contributed by atoms with Crippen LogP contribution in [0.25, 0.3) is 0 Å². The molecule has 13 heteroatoms. The first kappa shape index (κ1) is 26.4. The fourth-order valence-corrected chi connectivity index (χ4v) is 3.57. The van der Waals surface area contributed by atoms with Crippen molar-refractivity contribution in [2.75, 3.05) is 6.61 Å². The Bertz CT molecular complexity index is 720. The second-order valence-corrected chi connectivity index (χ2v) is 7.73. The topological polar surface area (TPSA) is 169 Å². The van der Waals surface area contributed by atoms with E-state index in [2.05, 4.69) is 0 Å². The average Bonchev–Trinajstić information content (AvgIpc) is 2.61. The van der Waals surface area contributed by atoms with Crippen molar-refractivity contribution in [1.82, 2.24) is 0 Å². The molecule has 0 spiro atoms. The molecular formula is C18H24O12S. The molecule has 0 aliphatic carbocycles. The van der Waals surface area contributed by atoms with Gasteiger partial charge >= 0.3 is 29.8 Å². The Morgan fingerprint density at radius 2 is 1.32 bits per heavy atom. The quantitative estimate of drug-likeness (QED) is 0.363. The van der Waals surface area contributed by atoms with Crippen molar-refractivity contribution in [2.45, 2.75) is 70.4 Å². The number of hydrogen-bond acceptors (Lipinski definition) is 12. The van der Waals surface area contributed by atoms with E-state index in [0.29, 0.717) is 11.8 Å². The average molecular weight is 464 g/mol. The predicted molar refractivity (Wildman–Crippen MR) is 101 cm³/mol. The zero-order chi connectivity index (χ0) is 23.7. The van der Waals surface area contributed by atoms with Crippen LogP contribution in [0.5, 0.6) is 0 Å². The summed E-state index contributed by atoms with van der Waals surface area (Å²) in [6.07, 6.45) is -6.08. The minimum absolute atomic E-state index is 0.407. The van der Waals surface area contributed by atoms with Gasteiger partial charge in [-0.2, -0.15) is 0 Å². The zero-order valence-corrected chi connectivity index (χ0v) is 18.2. The highest BCUT2D eigenvalue weighted by molar-refractivity contribution is 8.14. The fourth-order valence-electron chi connectivity index (χ4n) is 2.70. The number of thioether (sulfide) groups is 1. The van der Waals surface area contributed by atoms with Crippen LogP contribution in [0.4, 0.5) is 0 Å². The van der Waals surface area contributed by atoms with Crippen molar-refractivity contribution < 1.29 is 57.6 Å². The fraction of sp³-hybridized carbons (Fsp3) is 0.667. The molecule has 0 radical (unpaired) electrons. The standard InChI is InChI=1S/C18H24O12S/c1-8(19)27-15-12(7-26-14(25)6-5-13(23)24)30-18(31-11(4)22)17(29-10(3)21)16(15)28-9(2)20/h12,15-18H,5-7H2,1-4H3,(H,23,24)/t12-,15+,16+,17-,18-/m1/s1. The zero-order valence-electron chi connectivity index (χ0n) is 17.4. The lowest BCUT2D eigenvalue weighted by atomic mass is 9.99. The van der Waals surface area contributed by atoms with Crippen LogP contribution in [0.1, 0.15) is 40.5 Å². The molecule has 0 aromatic rings. The van der Waals surface area contributed by atoms with Crippen LogP contribution in [0.15, 0.2) is 0 Å². The maximum atomic E-state index is 11.8. The predicted octanol–water partition coefficient (Wildman–Crippen LogP) is 0.194. The van der Waals surface area contributed by atoms with Gasteiger partial charge in [-0.3, -0.25) is 28.8 Å². The molecule has 1 rings (SSSR count). The minimum atomic E-state index is -1.36. The smallest absolute Gasteiger partial charge is 0.306 e. The third kappa shape index (κ3) is 9.34. The molecule has 12 nitrogen and oxygen atoms in total. The summed E-state index contributed by atoms with van der Waals surface area (Å²) in [4.78, 5) is 68.9. The molecular weight excluding hydrogens is 440 g/mol. The molecule has 1 aliphatic heterocycles. The van der Waals surface area contributed by atoms with Gasteiger partial charge in [0, 0.05) is 27.7 Å². The summed E-state index contributed by atoms with van der Waals surface area (Å²) in [6, 6.07) is 0. The third-order valence-corrected chi connectivity index (χ3v) is 4.67. The molecule has 1 N–H and O–H groups in total. The van der Waals surface area contributed by atoms with Crippen molar-refractivity contribution in [3.05, 3.63) is 0 Å². The molecule has 0 bridgehead atoms. The van der Waals surface area contributed by atoms with Crippen LogP contribution in [0.2, 0.25) is 0 Å². The first-order valence-corrected chi connectivity index (χ1v) is 10.0. The lowest BCUT2D eigenvalue weighted by Gasteiger charge is -2.43. The van der Waals surface area contributed by atoms with E-state index in [4.69, 9.17) is 28.8 Å². The van der Waals surface area contributed by atoms with E-state index >= 15 is 0 Å². The maximum Gasteiger partial charge on any atom is 0.306 e. The number of hydrogen-bond donors (Lipinski definition) is 1. The van der Waals surface area contributed by atoms with E-state index in [1.807, 2.05) is 0 Å². The van der Waals surface area contributed by atoms with Gasteiger partial charge in [-0.1, -0.05) is 11.8 Å². The van der Waals surface area contributed by atoms with Gasteiger partial charge in [0.1, 0.15) is 12.7 Å². The van der Waals surface area contributed by atoms with Gasteiger partial charge in [0.15, 0.2) is 28.9 Å². The van der Waals surface area contributed by atoms with E-state index < -0.39 is 84.3 Å². The van der Waals surface area contributed by atoms with E-state index in [-0.39, 0.29) is 0 Å². The summed E-state index contributed by atoms with van der Waals surface area (Å²) in [6.45, 7) is 3.99. The number of carboxylic acids is 1. The summed E-state index contributed by atoms with van der Waals surface area (Å²) < 4.78 is 26.3. The van der Waals surface area contributed by atoms with Crippen molar-refractivity contribution in [3.8, 4) is 0 Å². The molecule has 0 aromatic carbocycles. The van der Waals surface area contributed by atoms with E-state index in [0.717, 1.165) is 20.8 Å². The van der Waals surface area contributed by atoms with Gasteiger partial charge in [-0.25, -0.2) is 0 Å². The molecule has 1 aliphatic rings. The monoisotopic (exact) mass is 464 g/mol. The lowest BCUT2D eigenvalue weighted by molar-refractivity contribution is -0.237. The van der Waals surface area contributed by atoms with Crippen LogP contribution in [0.3, 0.4) is 0 Å². The van der Waals surface area contributed by atoms with Gasteiger partial charge in [0.05, 0.1) is 12.8 Å². The summed E-state index contributed by atoms with van der Waals surface area (Å²) in [5.74, 6) is -4.38. The number of ether oxygens (including phenoxy) is 5. The van der Waals surface area contributed by atoms with Crippen LogP contribution < -0.4 is 0 Å². The van der Waals surface area contributed by atoms with Gasteiger partial charge in [-0.05, 0) is 0 Å². The van der Waals surface area contributed by atoms with Crippen molar-refractivity contribution in [2.24, 2.45) is 0 Å². The second-order valence-electron chi connectivity index (χ2n) is 6.45. The number of aliphatic carboxylic acids is 1. The molecule has 0 saturated carbocycles. The van der Waals surface area contributed by atoms with Gasteiger partial charge in [-0.15, -0.1) is 0 Å². The molecule has 1 heterocycles. The van der Waals surface area contributed by atoms with Gasteiger partial charge in [0.25, 0.3) is 0 Å². The second kappa shape index (κ2) is 12.2. The SMILES string of the molecule is CC(=O)O[C@@H]1[C@@H](OC(C)=O)[C@@H](SC(C)=O)O[C@H](COC(=O)CCC(=O)O)[C@@H]1OC(C)=O. The number of rotatable bonds is 9. The Morgan fingerprint density at radius 1 is 0.806 bits per heavy atom. The Morgan fingerprint density at radius 3 is 1.81 bits per heavy atom. The Kier molecular flexibility index (Phi) is 10.4. The Balaban J connectivity index is 3.19. The maximum absolute atomic E-state index is 11.8. The lowest BCUT2D eigenvalue weighted by Crippen LogP contribution is -2.61. The van der Waals surface area contributed by atoms with Crippen LogP contribution >= 0.6 is 11.8 Å². The summed E-state index contributed by atoms with van der Waals surface area (Å²) in [5.41, 5.74) is -1.17. The minimum Gasteiger partial charge on any atom is -0.481 e. The number of carboxylic acid groups (broad SMARTS) is 1. The van der Waals surface area contributed by atoms with E-state index in [9.17, 15) is 28.8 Å². The van der Waals surface area contributed by atoms with Crippen LogP contribution in [0, 0.1) is 0 Å². The van der Waals surface area contributed by atoms with Crippen molar-refractivity contribution in [1.29, 1.82) is 0 Å². The molecule has 0 amide bonds. The first-order chi connectivity index (χ1) is 14.4. The van der Waals surface area contributed by atoms with E-state index in [1.54, 1.807) is 0 Å². The number of carbonyl (C=O) groups excluding carboxylic acids is 5. The van der Waals surface area contributed by atoms with Gasteiger partial charge in [0.2, 0.25) is 0 Å². The number of carbonyl (C=O) groups is 6. The third-order valence-electron chi connectivity index (χ3n) is 3.73.